The minimum Gasteiger partial charge on any atom is -0.444 e. The van der Waals surface area contributed by atoms with Crippen molar-refractivity contribution in [3.63, 3.8) is 0 Å². The first kappa shape index (κ1) is 31.2. The third-order valence-corrected chi connectivity index (χ3v) is 3.44. The molecular formula is C19H36Cl3N3O5. The molecular weight excluding hydrogens is 457 g/mol. The first-order chi connectivity index (χ1) is 13.4. The van der Waals surface area contributed by atoms with Crippen molar-refractivity contribution in [1.82, 2.24) is 16.0 Å². The normalized spacial score (nSPS) is 13.7. The Balaban J connectivity index is 0. The predicted octanol–water partition coefficient (Wildman–Crippen LogP) is 3.30. The molecule has 178 valence electrons. The number of aliphatic hydroxyl groups is 1. The van der Waals surface area contributed by atoms with E-state index < -0.39 is 39.4 Å². The summed E-state index contributed by atoms with van der Waals surface area (Å²) in [5.74, 6) is -0.601. The van der Waals surface area contributed by atoms with Crippen LogP contribution in [0.5, 0.6) is 0 Å². The Hall–Kier alpha value is -0.960. The predicted molar refractivity (Wildman–Crippen MR) is 121 cm³/mol. The molecule has 0 aliphatic heterocycles. The summed E-state index contributed by atoms with van der Waals surface area (Å²) >= 11 is 14.4. The number of ether oxygens (including phenoxy) is 1. The average Bonchev–Trinajstić information content (AvgIpc) is 2.50. The zero-order valence-electron chi connectivity index (χ0n) is 18.9. The molecule has 0 saturated heterocycles. The zero-order valence-corrected chi connectivity index (χ0v) is 21.2. The molecule has 0 aliphatic carbocycles. The van der Waals surface area contributed by atoms with Crippen LogP contribution < -0.4 is 16.0 Å². The molecule has 0 radical (unpaired) electrons. The highest BCUT2D eigenvalue weighted by molar-refractivity contribution is 6.63. The van der Waals surface area contributed by atoms with Crippen molar-refractivity contribution in [2.45, 2.75) is 89.3 Å². The van der Waals surface area contributed by atoms with Crippen molar-refractivity contribution in [1.29, 1.82) is 0 Å². The lowest BCUT2D eigenvalue weighted by atomic mass is 10.0. The summed E-state index contributed by atoms with van der Waals surface area (Å²) in [6, 6.07) is -1.18. The van der Waals surface area contributed by atoms with Crippen molar-refractivity contribution >= 4 is 52.7 Å². The van der Waals surface area contributed by atoms with E-state index in [9.17, 15) is 19.5 Å². The molecule has 4 N–H and O–H groups in total. The lowest BCUT2D eigenvalue weighted by molar-refractivity contribution is -0.132. The van der Waals surface area contributed by atoms with Gasteiger partial charge < -0.3 is 25.8 Å². The summed E-state index contributed by atoms with van der Waals surface area (Å²) in [7, 11) is 0. The van der Waals surface area contributed by atoms with Gasteiger partial charge in [0.05, 0.1) is 12.6 Å². The minimum absolute atomic E-state index is 0.170. The van der Waals surface area contributed by atoms with E-state index in [-0.39, 0.29) is 12.6 Å². The largest absolute Gasteiger partial charge is 0.444 e. The van der Waals surface area contributed by atoms with E-state index in [1.54, 1.807) is 27.7 Å². The van der Waals surface area contributed by atoms with E-state index in [0.29, 0.717) is 12.3 Å². The van der Waals surface area contributed by atoms with Crippen molar-refractivity contribution in [2.24, 2.45) is 5.92 Å². The second-order valence-electron chi connectivity index (χ2n) is 8.71. The van der Waals surface area contributed by atoms with Gasteiger partial charge in [-0.15, -0.1) is 0 Å². The van der Waals surface area contributed by atoms with Gasteiger partial charge in [-0.25, -0.2) is 4.79 Å². The van der Waals surface area contributed by atoms with Crippen LogP contribution in [0.4, 0.5) is 4.79 Å². The van der Waals surface area contributed by atoms with Gasteiger partial charge in [0, 0.05) is 0 Å². The zero-order chi connectivity index (χ0) is 24.3. The van der Waals surface area contributed by atoms with E-state index in [4.69, 9.17) is 39.5 Å². The molecule has 11 heteroatoms. The van der Waals surface area contributed by atoms with Gasteiger partial charge in [-0.2, -0.15) is 0 Å². The van der Waals surface area contributed by atoms with E-state index in [0.717, 1.165) is 0 Å². The highest BCUT2D eigenvalue weighted by Crippen LogP contribution is 2.10. The lowest BCUT2D eigenvalue weighted by Gasteiger charge is -2.29. The van der Waals surface area contributed by atoms with Crippen LogP contribution in [-0.2, 0) is 14.3 Å². The third kappa shape index (κ3) is 16.8. The van der Waals surface area contributed by atoms with E-state index in [1.165, 1.54) is 13.8 Å². The standard InChI is InChI=1S/C18H35N3O5.CHCl3/c1-11(2)9-13(10-22)20-14(23)12(3)19-15(24)18(7,8)21-16(25)26-17(4,5)6;2-1(3)4/h11-13,22H,9-10H2,1-8H3,(H,19,24)(H,20,23)(H,21,25);1H/t12-,13-;/m0./s1. The van der Waals surface area contributed by atoms with Crippen LogP contribution in [0.2, 0.25) is 0 Å². The second-order valence-corrected chi connectivity index (χ2v) is 10.7. The van der Waals surface area contributed by atoms with Crippen LogP contribution in [0.25, 0.3) is 0 Å². The highest BCUT2D eigenvalue weighted by Gasteiger charge is 2.33. The average molecular weight is 493 g/mol. The number of hydrogen-bond acceptors (Lipinski definition) is 5. The quantitative estimate of drug-likeness (QED) is 0.388. The number of aliphatic hydroxyl groups excluding tert-OH is 1. The maximum atomic E-state index is 12.4. The van der Waals surface area contributed by atoms with Crippen LogP contribution >= 0.6 is 34.8 Å². The van der Waals surface area contributed by atoms with Gasteiger partial charge >= 0.3 is 6.09 Å². The van der Waals surface area contributed by atoms with Gasteiger partial charge in [0.2, 0.25) is 11.8 Å². The Labute approximate surface area is 194 Å². The SMILES string of the molecule is CC(C)C[C@@H](CO)NC(=O)[C@H](C)NC(=O)C(C)(C)NC(=O)OC(C)(C)C.ClC(Cl)Cl. The summed E-state index contributed by atoms with van der Waals surface area (Å²) in [5, 5.41) is 17.1. The number of carbonyl (C=O) groups is 3. The molecule has 8 nitrogen and oxygen atoms in total. The fourth-order valence-corrected chi connectivity index (χ4v) is 2.13. The Morgan fingerprint density at radius 2 is 1.43 bits per heavy atom. The topological polar surface area (TPSA) is 117 Å². The Morgan fingerprint density at radius 3 is 1.80 bits per heavy atom. The van der Waals surface area contributed by atoms with Crippen LogP contribution in [0.15, 0.2) is 0 Å². The number of amides is 3. The van der Waals surface area contributed by atoms with Gasteiger partial charge in [0.1, 0.15) is 17.2 Å². The van der Waals surface area contributed by atoms with Gasteiger partial charge in [0.25, 0.3) is 0 Å². The van der Waals surface area contributed by atoms with E-state index in [1.807, 2.05) is 13.8 Å². The minimum atomic E-state index is -1.26. The number of rotatable bonds is 8. The van der Waals surface area contributed by atoms with Crippen LogP contribution in [0.3, 0.4) is 0 Å². The number of halogens is 3. The Kier molecular flexibility index (Phi) is 14.7. The first-order valence-corrected chi connectivity index (χ1v) is 10.9. The maximum absolute atomic E-state index is 12.4. The summed E-state index contributed by atoms with van der Waals surface area (Å²) in [4.78, 5) is 36.5. The molecule has 0 aliphatic rings. The number of nitrogens with one attached hydrogen (secondary N) is 3. The summed E-state index contributed by atoms with van der Waals surface area (Å²) in [6.45, 7) is 13.6. The first-order valence-electron chi connectivity index (χ1n) is 9.56. The fraction of sp³-hybridized carbons (Fsp3) is 0.842. The molecule has 3 amide bonds. The molecule has 0 bridgehead atoms. The molecule has 30 heavy (non-hydrogen) atoms. The molecule has 0 fully saturated rings. The monoisotopic (exact) mass is 491 g/mol. The summed E-state index contributed by atoms with van der Waals surface area (Å²) in [6.07, 6.45) is -0.0822. The molecule has 0 saturated carbocycles. The van der Waals surface area contributed by atoms with Gasteiger partial charge in [-0.1, -0.05) is 48.7 Å². The van der Waals surface area contributed by atoms with Gasteiger partial charge in [-0.3, -0.25) is 9.59 Å². The van der Waals surface area contributed by atoms with Crippen LogP contribution in [0, 0.1) is 5.92 Å². The maximum Gasteiger partial charge on any atom is 0.408 e. The third-order valence-electron chi connectivity index (χ3n) is 3.44. The second kappa shape index (κ2) is 14.2. The summed E-state index contributed by atoms with van der Waals surface area (Å²) < 4.78 is 4.39. The van der Waals surface area contributed by atoms with Crippen molar-refractivity contribution in [2.75, 3.05) is 6.61 Å². The molecule has 0 heterocycles. The molecule has 0 aromatic heterocycles. The molecule has 0 aromatic carbocycles. The molecule has 0 spiro atoms. The summed E-state index contributed by atoms with van der Waals surface area (Å²) in [5.41, 5.74) is -1.94. The molecule has 0 unspecified atom stereocenters. The smallest absolute Gasteiger partial charge is 0.408 e. The number of hydrogen-bond donors (Lipinski definition) is 4. The van der Waals surface area contributed by atoms with Gasteiger partial charge in [0.15, 0.2) is 4.30 Å². The Morgan fingerprint density at radius 1 is 0.967 bits per heavy atom. The molecule has 0 aromatic rings. The van der Waals surface area contributed by atoms with Crippen molar-refractivity contribution in [3.05, 3.63) is 0 Å². The van der Waals surface area contributed by atoms with E-state index in [2.05, 4.69) is 16.0 Å². The number of carbonyl (C=O) groups excluding carboxylic acids is 3. The van der Waals surface area contributed by atoms with Crippen LogP contribution in [-0.4, -0.2) is 57.1 Å². The lowest BCUT2D eigenvalue weighted by Crippen LogP contribution is -2.59. The number of alkyl halides is 3. The van der Waals surface area contributed by atoms with Crippen molar-refractivity contribution < 1.29 is 24.2 Å². The van der Waals surface area contributed by atoms with Gasteiger partial charge in [-0.05, 0) is 53.9 Å². The highest BCUT2D eigenvalue weighted by atomic mass is 35.6. The molecule has 0 rings (SSSR count). The fourth-order valence-electron chi connectivity index (χ4n) is 2.13. The van der Waals surface area contributed by atoms with Crippen LogP contribution in [0.1, 0.15) is 61.8 Å². The van der Waals surface area contributed by atoms with E-state index >= 15 is 0 Å². The van der Waals surface area contributed by atoms with Crippen molar-refractivity contribution in [3.8, 4) is 0 Å². The number of alkyl carbamates (subject to hydrolysis) is 1. The molecule has 2 atom stereocenters. The Bertz CT molecular complexity index is 549.